The number of nitrogens with two attached hydrogens (primary N) is 2. The second kappa shape index (κ2) is 14.2. The van der Waals surface area contributed by atoms with Gasteiger partial charge in [-0.25, -0.2) is 19.0 Å². The maximum atomic E-state index is 9.73. The predicted octanol–water partition coefficient (Wildman–Crippen LogP) is 5.05. The Balaban J connectivity index is 0.000000226. The van der Waals surface area contributed by atoms with Crippen LogP contribution < -0.4 is 11.5 Å². The van der Waals surface area contributed by atoms with Crippen molar-refractivity contribution in [2.24, 2.45) is 0 Å². The quantitative estimate of drug-likeness (QED) is 0.177. The van der Waals surface area contributed by atoms with Crippen LogP contribution >= 0.6 is 0 Å². The molecule has 0 spiro atoms. The van der Waals surface area contributed by atoms with Crippen LogP contribution in [0.1, 0.15) is 78.0 Å². The number of hydrogen-bond donors (Lipinski definition) is 4. The number of aromatic nitrogens is 6. The van der Waals surface area contributed by atoms with Gasteiger partial charge in [0.05, 0.1) is 36.8 Å². The number of anilines is 2. The van der Waals surface area contributed by atoms with Gasteiger partial charge in [0, 0.05) is 12.8 Å². The van der Waals surface area contributed by atoms with Gasteiger partial charge in [0.2, 0.25) is 0 Å². The highest BCUT2D eigenvalue weighted by atomic mass is 28.4. The minimum absolute atomic E-state index is 0.0182. The summed E-state index contributed by atoms with van der Waals surface area (Å²) >= 11 is 0. The van der Waals surface area contributed by atoms with E-state index in [0.29, 0.717) is 30.2 Å². The highest BCUT2D eigenvalue weighted by molar-refractivity contribution is 6.74. The number of fused-ring (bicyclic) bond motifs is 2. The first-order valence-corrected chi connectivity index (χ1v) is 23.1. The maximum absolute atomic E-state index is 9.73. The Morgan fingerprint density at radius 1 is 0.780 bits per heavy atom. The molecule has 0 bridgehead atoms. The third-order valence-corrected chi connectivity index (χ3v) is 20.0. The second-order valence-corrected chi connectivity index (χ2v) is 26.0. The Labute approximate surface area is 296 Å². The predicted molar refractivity (Wildman–Crippen MR) is 198 cm³/mol. The van der Waals surface area contributed by atoms with Crippen LogP contribution in [0.5, 0.6) is 0 Å². The summed E-state index contributed by atoms with van der Waals surface area (Å²) in [6.07, 6.45) is 2.30. The van der Waals surface area contributed by atoms with E-state index in [-0.39, 0.29) is 41.1 Å². The molecule has 14 nitrogen and oxygen atoms in total. The highest BCUT2D eigenvalue weighted by Crippen LogP contribution is 2.44. The number of nitrogen functional groups attached to an aromatic ring is 2. The molecule has 6 heterocycles. The minimum atomic E-state index is -1.98. The number of ether oxygens (including phenoxy) is 2. The molecule has 0 radical (unpaired) electrons. The molecule has 16 heteroatoms. The molecule has 2 aliphatic rings. The fraction of sp³-hybridized carbons (Fsp3) is 0.647. The topological polar surface area (TPSA) is 190 Å². The van der Waals surface area contributed by atoms with E-state index in [2.05, 4.69) is 87.9 Å². The molecule has 0 saturated carbocycles. The van der Waals surface area contributed by atoms with Crippen LogP contribution in [0, 0.1) is 0 Å². The van der Waals surface area contributed by atoms with E-state index in [1.165, 1.54) is 12.7 Å². The molecular formula is C34H56N8O6Si2. The average Bonchev–Trinajstić information content (AvgIpc) is 3.80. The van der Waals surface area contributed by atoms with Crippen molar-refractivity contribution in [3.8, 4) is 0 Å². The highest BCUT2D eigenvalue weighted by Gasteiger charge is 2.47. The molecule has 0 unspecified atom stereocenters. The third kappa shape index (κ3) is 7.77. The molecule has 0 aliphatic carbocycles. The summed E-state index contributed by atoms with van der Waals surface area (Å²) < 4.78 is 29.1. The Morgan fingerprint density at radius 2 is 1.26 bits per heavy atom. The number of aliphatic hydroxyl groups excluding tert-OH is 2. The van der Waals surface area contributed by atoms with E-state index < -0.39 is 28.8 Å². The smallest absolute Gasteiger partial charge is 0.192 e. The Morgan fingerprint density at radius 3 is 1.72 bits per heavy atom. The van der Waals surface area contributed by atoms with Crippen LogP contribution in [-0.4, -0.2) is 93.7 Å². The van der Waals surface area contributed by atoms with Gasteiger partial charge in [-0.15, -0.1) is 0 Å². The van der Waals surface area contributed by atoms with Crippen LogP contribution in [0.3, 0.4) is 0 Å². The van der Waals surface area contributed by atoms with Gasteiger partial charge < -0.3 is 40.0 Å². The van der Waals surface area contributed by atoms with E-state index in [1.54, 1.807) is 4.52 Å². The fourth-order valence-corrected chi connectivity index (χ4v) is 8.13. The lowest BCUT2D eigenvalue weighted by Crippen LogP contribution is -2.48. The summed E-state index contributed by atoms with van der Waals surface area (Å²) in [5.41, 5.74) is 15.1. The zero-order valence-electron chi connectivity index (χ0n) is 31.1. The molecule has 6 rings (SSSR count). The zero-order valence-corrected chi connectivity index (χ0v) is 33.1. The number of rotatable bonds is 8. The number of nitrogens with zero attached hydrogens (tertiary/aromatic N) is 6. The van der Waals surface area contributed by atoms with Gasteiger partial charge in [0.25, 0.3) is 0 Å². The van der Waals surface area contributed by atoms with Gasteiger partial charge in [0.1, 0.15) is 48.1 Å². The third-order valence-electron chi connectivity index (χ3n) is 11.0. The molecule has 276 valence electrons. The SMILES string of the molecule is CC(C)(C)[Si](C)(C)OC[C@H]1O[C@@H](c2ccc3c(N)ncnn23)C[C@@H]1O[Si](C)(C)C(C)(C)C.Nc1ncnn2c([C@H]3C[C@H](O)[C@@H](CO)O3)ccc12. The maximum Gasteiger partial charge on any atom is 0.192 e. The number of aliphatic hydroxyl groups is 2. The van der Waals surface area contributed by atoms with Crippen molar-refractivity contribution in [2.75, 3.05) is 24.7 Å². The van der Waals surface area contributed by atoms with Crippen LogP contribution in [0.25, 0.3) is 11.0 Å². The molecule has 2 saturated heterocycles. The van der Waals surface area contributed by atoms with Crippen molar-refractivity contribution < 1.29 is 28.5 Å². The van der Waals surface area contributed by atoms with Crippen molar-refractivity contribution in [2.45, 2.75) is 127 Å². The van der Waals surface area contributed by atoms with Gasteiger partial charge in [-0.2, -0.15) is 10.2 Å². The summed E-state index contributed by atoms with van der Waals surface area (Å²) in [6.45, 7) is 23.1. The number of hydrogen-bond acceptors (Lipinski definition) is 12. The zero-order chi connectivity index (χ0) is 36.8. The van der Waals surface area contributed by atoms with Crippen LogP contribution in [0.2, 0.25) is 36.3 Å². The Kier molecular flexibility index (Phi) is 10.9. The molecule has 6 atom stereocenters. The first kappa shape index (κ1) is 38.3. The second-order valence-electron chi connectivity index (χ2n) is 16.4. The first-order valence-electron chi connectivity index (χ1n) is 17.3. The van der Waals surface area contributed by atoms with Crippen molar-refractivity contribution >= 4 is 39.3 Å². The van der Waals surface area contributed by atoms with Gasteiger partial charge in [-0.05, 0) is 60.5 Å². The van der Waals surface area contributed by atoms with Gasteiger partial charge in [-0.1, -0.05) is 41.5 Å². The van der Waals surface area contributed by atoms with E-state index in [9.17, 15) is 5.11 Å². The fourth-order valence-electron chi connectivity index (χ4n) is 5.76. The molecule has 0 amide bonds. The monoisotopic (exact) mass is 728 g/mol. The molecule has 0 aromatic carbocycles. The molecular weight excluding hydrogens is 673 g/mol. The first-order chi connectivity index (χ1) is 23.2. The van der Waals surface area contributed by atoms with E-state index in [0.717, 1.165) is 23.3 Å². The van der Waals surface area contributed by atoms with Crippen molar-refractivity contribution in [1.29, 1.82) is 0 Å². The minimum Gasteiger partial charge on any atom is -0.414 e. The van der Waals surface area contributed by atoms with Crippen LogP contribution in [0.4, 0.5) is 11.6 Å². The summed E-state index contributed by atoms with van der Waals surface area (Å²) in [7, 11) is -3.88. The lowest BCUT2D eigenvalue weighted by Gasteiger charge is -2.40. The Bertz CT molecular complexity index is 1770. The Hall–Kier alpha value is -2.97. The molecule has 2 fully saturated rings. The van der Waals surface area contributed by atoms with E-state index >= 15 is 0 Å². The standard InChI is InChI=1S/C23H42N4O3Si2.C11H14N4O3/c1-22(2,3)31(7,8)28-14-20-19(30-32(9,10)23(4,5)6)13-18(29-20)16-11-12-17-21(24)25-15-26-27(16)17;12-11-7-2-1-6(15(7)14-5-13-11)9-3-8(17)10(4-16)18-9/h11-12,15,18-20H,13-14H2,1-10H3,(H2,24,25,26);1-2,5,8-10,16-17H,3-4H2,(H2,12,13,14)/t18-,19+,20-;8-,9+,10+/m10/s1. The van der Waals surface area contributed by atoms with Gasteiger partial charge in [-0.3, -0.25) is 0 Å². The van der Waals surface area contributed by atoms with Crippen LogP contribution in [-0.2, 0) is 18.3 Å². The summed E-state index contributed by atoms with van der Waals surface area (Å²) in [5, 5.41) is 27.6. The van der Waals surface area contributed by atoms with Crippen LogP contribution in [0.15, 0.2) is 36.9 Å². The van der Waals surface area contributed by atoms with Crippen molar-refractivity contribution in [3.63, 3.8) is 0 Å². The lowest BCUT2D eigenvalue weighted by molar-refractivity contribution is -0.0239. The molecule has 4 aromatic rings. The molecule has 6 N–H and O–H groups in total. The summed E-state index contributed by atoms with van der Waals surface area (Å²) in [4.78, 5) is 8.01. The lowest BCUT2D eigenvalue weighted by atomic mass is 10.1. The molecule has 2 aliphatic heterocycles. The normalized spacial score (nSPS) is 25.0. The van der Waals surface area contributed by atoms with Crippen molar-refractivity contribution in [3.05, 3.63) is 48.3 Å². The average molecular weight is 729 g/mol. The largest absolute Gasteiger partial charge is 0.414 e. The molecule has 50 heavy (non-hydrogen) atoms. The van der Waals surface area contributed by atoms with E-state index in [4.69, 9.17) is 34.9 Å². The summed E-state index contributed by atoms with van der Waals surface area (Å²) in [5.74, 6) is 0.865. The summed E-state index contributed by atoms with van der Waals surface area (Å²) in [6, 6.07) is 7.65. The van der Waals surface area contributed by atoms with Gasteiger partial charge >= 0.3 is 0 Å². The van der Waals surface area contributed by atoms with Crippen molar-refractivity contribution in [1.82, 2.24) is 29.2 Å². The van der Waals surface area contributed by atoms with E-state index in [1.807, 2.05) is 28.8 Å². The molecule has 4 aromatic heterocycles. The van der Waals surface area contributed by atoms with Gasteiger partial charge in [0.15, 0.2) is 28.3 Å².